The fourth-order valence-electron chi connectivity index (χ4n) is 2.20. The van der Waals surface area contributed by atoms with E-state index in [9.17, 15) is 14.8 Å². The van der Waals surface area contributed by atoms with Crippen LogP contribution in [0, 0.1) is 0 Å². The molecular formula is C13H19BN2O3. The van der Waals surface area contributed by atoms with Crippen LogP contribution in [0.2, 0.25) is 0 Å². The predicted octanol–water partition coefficient (Wildman–Crippen LogP) is -0.393. The molecule has 0 aromatic heterocycles. The highest BCUT2D eigenvalue weighted by atomic mass is 16.4. The molecule has 0 bridgehead atoms. The normalized spacial score (nSPS) is 18.3. The molecule has 0 spiro atoms. The molecule has 1 aromatic rings. The van der Waals surface area contributed by atoms with Crippen LogP contribution in [0.15, 0.2) is 30.3 Å². The van der Waals surface area contributed by atoms with E-state index in [0.29, 0.717) is 19.3 Å². The van der Waals surface area contributed by atoms with Gasteiger partial charge in [-0.15, -0.1) is 0 Å². The Hall–Kier alpha value is -1.37. The van der Waals surface area contributed by atoms with Crippen LogP contribution in [-0.4, -0.2) is 34.6 Å². The fourth-order valence-corrected chi connectivity index (χ4v) is 2.20. The van der Waals surface area contributed by atoms with Gasteiger partial charge < -0.3 is 21.1 Å². The van der Waals surface area contributed by atoms with Gasteiger partial charge in [-0.25, -0.2) is 0 Å². The zero-order valence-corrected chi connectivity index (χ0v) is 10.7. The number of amides is 1. The molecule has 0 aliphatic heterocycles. The number of nitrogens with one attached hydrogen (secondary N) is 1. The van der Waals surface area contributed by atoms with Gasteiger partial charge in [0.2, 0.25) is 5.91 Å². The van der Waals surface area contributed by atoms with Crippen molar-refractivity contribution in [3.8, 4) is 0 Å². The van der Waals surface area contributed by atoms with Crippen molar-refractivity contribution in [2.75, 3.05) is 0 Å². The Balaban J connectivity index is 1.98. The lowest BCUT2D eigenvalue weighted by molar-refractivity contribution is -0.129. The summed E-state index contributed by atoms with van der Waals surface area (Å²) in [5.74, 6) is -1.04. The third-order valence-electron chi connectivity index (χ3n) is 3.67. The van der Waals surface area contributed by atoms with Crippen molar-refractivity contribution in [2.24, 2.45) is 5.73 Å². The fraction of sp³-hybridized carbons (Fsp3) is 0.462. The summed E-state index contributed by atoms with van der Waals surface area (Å²) in [6.45, 7) is 0. The number of carbonyl (C=O) groups is 1. The molecule has 102 valence electrons. The van der Waals surface area contributed by atoms with Gasteiger partial charge in [0.15, 0.2) is 0 Å². The Labute approximate surface area is 113 Å². The van der Waals surface area contributed by atoms with Crippen molar-refractivity contribution in [3.05, 3.63) is 35.9 Å². The third kappa shape index (κ3) is 3.35. The first-order chi connectivity index (χ1) is 9.01. The van der Waals surface area contributed by atoms with Gasteiger partial charge in [-0.05, 0) is 31.2 Å². The second-order valence-corrected chi connectivity index (χ2v) is 5.19. The van der Waals surface area contributed by atoms with E-state index in [0.717, 1.165) is 12.0 Å². The van der Waals surface area contributed by atoms with Gasteiger partial charge in [-0.2, -0.15) is 0 Å². The summed E-state index contributed by atoms with van der Waals surface area (Å²) in [7, 11) is -1.60. The second-order valence-electron chi connectivity index (χ2n) is 5.19. The Morgan fingerprint density at radius 2 is 2.00 bits per heavy atom. The summed E-state index contributed by atoms with van der Waals surface area (Å²) in [6.07, 6.45) is 2.60. The summed E-state index contributed by atoms with van der Waals surface area (Å²) >= 11 is 0. The molecule has 5 N–H and O–H groups in total. The van der Waals surface area contributed by atoms with Crippen molar-refractivity contribution >= 4 is 13.0 Å². The highest BCUT2D eigenvalue weighted by Crippen LogP contribution is 2.29. The van der Waals surface area contributed by atoms with E-state index in [2.05, 4.69) is 5.32 Å². The van der Waals surface area contributed by atoms with Gasteiger partial charge in [0.05, 0.1) is 11.5 Å². The van der Waals surface area contributed by atoms with Crippen LogP contribution in [0.5, 0.6) is 0 Å². The monoisotopic (exact) mass is 262 g/mol. The van der Waals surface area contributed by atoms with Crippen molar-refractivity contribution in [3.63, 3.8) is 0 Å². The molecule has 1 amide bonds. The average Bonchev–Trinajstić information content (AvgIpc) is 2.36. The van der Waals surface area contributed by atoms with Gasteiger partial charge in [0.25, 0.3) is 0 Å². The van der Waals surface area contributed by atoms with Gasteiger partial charge >= 0.3 is 7.12 Å². The molecule has 1 atom stereocenters. The number of hydrogen-bond donors (Lipinski definition) is 4. The molecule has 1 aromatic carbocycles. The molecule has 0 saturated heterocycles. The standard InChI is InChI=1S/C13H19BN2O3/c15-13(7-4-8-13)12(17)16-11(14(18)19)9-10-5-2-1-3-6-10/h1-3,5-6,11,18-19H,4,7-9,15H2,(H,16,17)/t11-/m0/s1. The highest BCUT2D eigenvalue weighted by molar-refractivity contribution is 6.43. The predicted molar refractivity (Wildman–Crippen MR) is 73.0 cm³/mol. The molecule has 19 heavy (non-hydrogen) atoms. The molecule has 2 rings (SSSR count). The Bertz CT molecular complexity index is 435. The molecule has 1 aliphatic carbocycles. The van der Waals surface area contributed by atoms with E-state index in [4.69, 9.17) is 5.73 Å². The average molecular weight is 262 g/mol. The number of rotatable bonds is 5. The summed E-state index contributed by atoms with van der Waals surface area (Å²) in [4.78, 5) is 12.0. The van der Waals surface area contributed by atoms with Crippen LogP contribution in [0.3, 0.4) is 0 Å². The maximum Gasteiger partial charge on any atom is 0.475 e. The topological polar surface area (TPSA) is 95.6 Å². The lowest BCUT2D eigenvalue weighted by Crippen LogP contribution is -2.62. The zero-order valence-electron chi connectivity index (χ0n) is 10.7. The number of benzene rings is 1. The lowest BCUT2D eigenvalue weighted by Gasteiger charge is -2.37. The number of nitrogens with two attached hydrogens (primary N) is 1. The van der Waals surface area contributed by atoms with Crippen LogP contribution >= 0.6 is 0 Å². The number of carbonyl (C=O) groups excluding carboxylic acids is 1. The SMILES string of the molecule is NC1(C(=O)N[C@@H](Cc2ccccc2)B(O)O)CCC1. The molecule has 6 heteroatoms. The maximum absolute atomic E-state index is 12.0. The van der Waals surface area contributed by atoms with Gasteiger partial charge in [-0.1, -0.05) is 30.3 Å². The Morgan fingerprint density at radius 3 is 2.47 bits per heavy atom. The first-order valence-electron chi connectivity index (χ1n) is 6.51. The summed E-state index contributed by atoms with van der Waals surface area (Å²) in [6, 6.07) is 9.38. The maximum atomic E-state index is 12.0. The van der Waals surface area contributed by atoms with E-state index in [-0.39, 0.29) is 5.91 Å². The largest absolute Gasteiger partial charge is 0.475 e. The molecule has 1 aliphatic rings. The lowest BCUT2D eigenvalue weighted by atomic mass is 9.73. The van der Waals surface area contributed by atoms with Gasteiger partial charge in [-0.3, -0.25) is 4.79 Å². The van der Waals surface area contributed by atoms with E-state index in [1.807, 2.05) is 30.3 Å². The smallest absolute Gasteiger partial charge is 0.426 e. The Morgan fingerprint density at radius 1 is 1.37 bits per heavy atom. The first-order valence-corrected chi connectivity index (χ1v) is 6.51. The molecule has 1 fully saturated rings. The van der Waals surface area contributed by atoms with Crippen LogP contribution in [0.25, 0.3) is 0 Å². The highest BCUT2D eigenvalue weighted by Gasteiger charge is 2.41. The zero-order chi connectivity index (χ0) is 13.9. The van der Waals surface area contributed by atoms with Crippen LogP contribution in [0.1, 0.15) is 24.8 Å². The van der Waals surface area contributed by atoms with E-state index in [1.165, 1.54) is 0 Å². The third-order valence-corrected chi connectivity index (χ3v) is 3.67. The van der Waals surface area contributed by atoms with E-state index >= 15 is 0 Å². The van der Waals surface area contributed by atoms with Crippen molar-refractivity contribution < 1.29 is 14.8 Å². The summed E-state index contributed by atoms with van der Waals surface area (Å²) < 4.78 is 0. The number of hydrogen-bond acceptors (Lipinski definition) is 4. The summed E-state index contributed by atoms with van der Waals surface area (Å²) in [5, 5.41) is 21.4. The minimum Gasteiger partial charge on any atom is -0.426 e. The minimum atomic E-state index is -1.60. The molecule has 0 unspecified atom stereocenters. The first kappa shape index (κ1) is 14.1. The van der Waals surface area contributed by atoms with Crippen molar-refractivity contribution in [1.82, 2.24) is 5.32 Å². The van der Waals surface area contributed by atoms with Gasteiger partial charge in [0.1, 0.15) is 0 Å². The van der Waals surface area contributed by atoms with Crippen LogP contribution in [-0.2, 0) is 11.2 Å². The van der Waals surface area contributed by atoms with E-state index in [1.54, 1.807) is 0 Å². The Kier molecular flexibility index (Phi) is 4.24. The minimum absolute atomic E-state index is 0.298. The van der Waals surface area contributed by atoms with Crippen LogP contribution in [0.4, 0.5) is 0 Å². The van der Waals surface area contributed by atoms with Crippen LogP contribution < -0.4 is 11.1 Å². The molecule has 0 radical (unpaired) electrons. The molecular weight excluding hydrogens is 243 g/mol. The van der Waals surface area contributed by atoms with Crippen molar-refractivity contribution in [2.45, 2.75) is 37.2 Å². The quantitative estimate of drug-likeness (QED) is 0.543. The molecule has 0 heterocycles. The molecule has 5 nitrogen and oxygen atoms in total. The van der Waals surface area contributed by atoms with Gasteiger partial charge in [0, 0.05) is 0 Å². The van der Waals surface area contributed by atoms with E-state index < -0.39 is 18.6 Å². The molecule has 1 saturated carbocycles. The summed E-state index contributed by atoms with van der Waals surface area (Å²) in [5.41, 5.74) is 6.01. The van der Waals surface area contributed by atoms with Crippen molar-refractivity contribution in [1.29, 1.82) is 0 Å². The second kappa shape index (κ2) is 5.73.